The van der Waals surface area contributed by atoms with Gasteiger partial charge in [-0.3, -0.25) is 0 Å². The smallest absolute Gasteiger partial charge is 0.199 e. The molecule has 3 aromatic rings. The van der Waals surface area contributed by atoms with Crippen LogP contribution in [0.1, 0.15) is 22.0 Å². The average molecular weight is 286 g/mol. The highest BCUT2D eigenvalue weighted by Gasteiger charge is 1.97. The number of rotatable bonds is 0. The zero-order chi connectivity index (χ0) is 14.3. The van der Waals surface area contributed by atoms with Gasteiger partial charge in [0.05, 0.1) is 0 Å². The Labute approximate surface area is 127 Å². The fourth-order valence-electron chi connectivity index (χ4n) is 1.62. The van der Waals surface area contributed by atoms with Crippen LogP contribution in [-0.2, 0) is 0 Å². The second kappa shape index (κ2) is 6.52. The van der Waals surface area contributed by atoms with Crippen LogP contribution >= 0.6 is 11.5 Å². The first-order chi connectivity index (χ1) is 10.4. The lowest BCUT2D eigenvalue weighted by Gasteiger charge is -1.85. The van der Waals surface area contributed by atoms with E-state index in [1.807, 2.05) is 60.7 Å². The second-order valence-corrected chi connectivity index (χ2v) is 4.91. The monoisotopic (exact) mass is 286 g/mol. The third kappa shape index (κ3) is 3.79. The van der Waals surface area contributed by atoms with Gasteiger partial charge in [0, 0.05) is 11.1 Å². The number of hydrogen-bond acceptors (Lipinski definition) is 3. The molecule has 0 radical (unpaired) electrons. The summed E-state index contributed by atoms with van der Waals surface area (Å²) in [4.78, 5) is 4.30. The van der Waals surface area contributed by atoms with Gasteiger partial charge in [-0.1, -0.05) is 48.2 Å². The van der Waals surface area contributed by atoms with Crippen LogP contribution in [0.3, 0.4) is 0 Å². The van der Waals surface area contributed by atoms with Gasteiger partial charge in [-0.25, -0.2) is 0 Å². The molecule has 0 unspecified atom stereocenters. The molecule has 0 fully saturated rings. The van der Waals surface area contributed by atoms with Crippen molar-refractivity contribution in [1.82, 2.24) is 9.36 Å². The van der Waals surface area contributed by atoms with E-state index in [9.17, 15) is 0 Å². The molecule has 3 heteroatoms. The first-order valence-corrected chi connectivity index (χ1v) is 7.15. The summed E-state index contributed by atoms with van der Waals surface area (Å²) in [6, 6.07) is 19.6. The van der Waals surface area contributed by atoms with Gasteiger partial charge < -0.3 is 0 Å². The van der Waals surface area contributed by atoms with Gasteiger partial charge in [-0.05, 0) is 47.6 Å². The minimum atomic E-state index is 0.515. The molecule has 2 nitrogen and oxygen atoms in total. The van der Waals surface area contributed by atoms with Crippen molar-refractivity contribution in [2.24, 2.45) is 0 Å². The highest BCUT2D eigenvalue weighted by atomic mass is 32.1. The average Bonchev–Trinajstić information content (AvgIpc) is 3.01. The molecular formula is C18H10N2S. The van der Waals surface area contributed by atoms with Crippen molar-refractivity contribution >= 4 is 11.5 Å². The molecule has 0 aliphatic carbocycles. The van der Waals surface area contributed by atoms with Crippen LogP contribution in [0.15, 0.2) is 60.7 Å². The van der Waals surface area contributed by atoms with Crippen LogP contribution in [-0.4, -0.2) is 9.36 Å². The van der Waals surface area contributed by atoms with E-state index >= 15 is 0 Å². The highest BCUT2D eigenvalue weighted by molar-refractivity contribution is 7.06. The van der Waals surface area contributed by atoms with Crippen LogP contribution in [0.4, 0.5) is 0 Å². The molecule has 0 N–H and O–H groups in total. The van der Waals surface area contributed by atoms with Crippen molar-refractivity contribution < 1.29 is 0 Å². The lowest BCUT2D eigenvalue weighted by Crippen LogP contribution is -1.79. The normalized spacial score (nSPS) is 9.14. The van der Waals surface area contributed by atoms with Crippen LogP contribution in [0.2, 0.25) is 0 Å². The molecule has 98 valence electrons. The first kappa shape index (κ1) is 13.1. The van der Waals surface area contributed by atoms with Crippen LogP contribution in [0.5, 0.6) is 0 Å². The van der Waals surface area contributed by atoms with Gasteiger partial charge in [-0.2, -0.15) is 9.36 Å². The SMILES string of the molecule is C(#Cc1nsc(C#Cc2ccccc2)n1)c1ccccc1. The molecule has 1 aromatic heterocycles. The van der Waals surface area contributed by atoms with Gasteiger partial charge in [0.25, 0.3) is 0 Å². The van der Waals surface area contributed by atoms with E-state index in [1.165, 1.54) is 11.5 Å². The molecule has 0 atom stereocenters. The van der Waals surface area contributed by atoms with E-state index in [4.69, 9.17) is 0 Å². The standard InChI is InChI=1S/C18H10N2S/c1-3-7-15(8-4-1)11-13-17-19-18(21-20-17)14-12-16-9-5-2-6-10-16/h1-10H. The Morgan fingerprint density at radius 1 is 0.667 bits per heavy atom. The molecule has 0 aliphatic rings. The molecular weight excluding hydrogens is 276 g/mol. The molecule has 0 bridgehead atoms. The van der Waals surface area contributed by atoms with Gasteiger partial charge in [-0.15, -0.1) is 0 Å². The number of hydrogen-bond donors (Lipinski definition) is 0. The van der Waals surface area contributed by atoms with Gasteiger partial charge in [0.15, 0.2) is 5.01 Å². The van der Waals surface area contributed by atoms with Gasteiger partial charge in [0.1, 0.15) is 0 Å². The topological polar surface area (TPSA) is 25.8 Å². The Morgan fingerprint density at radius 2 is 1.24 bits per heavy atom. The summed E-state index contributed by atoms with van der Waals surface area (Å²) in [5.74, 6) is 12.6. The van der Waals surface area contributed by atoms with Gasteiger partial charge >= 0.3 is 0 Å². The summed E-state index contributed by atoms with van der Waals surface area (Å²) < 4.78 is 4.20. The van der Waals surface area contributed by atoms with E-state index < -0.39 is 0 Å². The predicted molar refractivity (Wildman–Crippen MR) is 84.8 cm³/mol. The number of nitrogens with zero attached hydrogens (tertiary/aromatic N) is 2. The summed E-state index contributed by atoms with van der Waals surface area (Å²) in [7, 11) is 0. The minimum absolute atomic E-state index is 0.515. The third-order valence-electron chi connectivity index (χ3n) is 2.61. The number of benzene rings is 2. The van der Waals surface area contributed by atoms with Crippen molar-refractivity contribution in [2.75, 3.05) is 0 Å². The van der Waals surface area contributed by atoms with E-state index in [0.717, 1.165) is 11.1 Å². The van der Waals surface area contributed by atoms with Crippen molar-refractivity contribution in [3.05, 3.63) is 82.6 Å². The van der Waals surface area contributed by atoms with Crippen LogP contribution in [0.25, 0.3) is 0 Å². The van der Waals surface area contributed by atoms with Crippen molar-refractivity contribution in [1.29, 1.82) is 0 Å². The Balaban J connectivity index is 1.76. The Kier molecular flexibility index (Phi) is 4.07. The largest absolute Gasteiger partial charge is 0.218 e. The molecule has 0 aliphatic heterocycles. The maximum absolute atomic E-state index is 4.30. The van der Waals surface area contributed by atoms with Crippen LogP contribution in [0, 0.1) is 23.7 Å². The minimum Gasteiger partial charge on any atom is -0.199 e. The zero-order valence-electron chi connectivity index (χ0n) is 11.1. The van der Waals surface area contributed by atoms with Crippen LogP contribution < -0.4 is 0 Å². The Morgan fingerprint density at radius 3 is 1.86 bits per heavy atom. The molecule has 1 heterocycles. The first-order valence-electron chi connectivity index (χ1n) is 6.38. The fraction of sp³-hybridized carbons (Fsp3) is 0. The van der Waals surface area contributed by atoms with E-state index in [2.05, 4.69) is 33.0 Å². The maximum Gasteiger partial charge on any atom is 0.218 e. The summed E-state index contributed by atoms with van der Waals surface area (Å²) in [5.41, 5.74) is 1.91. The van der Waals surface area contributed by atoms with Gasteiger partial charge in [0.2, 0.25) is 5.82 Å². The van der Waals surface area contributed by atoms with E-state index in [-0.39, 0.29) is 0 Å². The summed E-state index contributed by atoms with van der Waals surface area (Å²) in [6.45, 7) is 0. The number of aromatic nitrogens is 2. The molecule has 21 heavy (non-hydrogen) atoms. The third-order valence-corrected chi connectivity index (χ3v) is 3.24. The molecule has 0 saturated carbocycles. The predicted octanol–water partition coefficient (Wildman–Crippen LogP) is 3.34. The molecule has 0 spiro atoms. The Hall–Kier alpha value is -2.88. The van der Waals surface area contributed by atoms with E-state index in [0.29, 0.717) is 10.8 Å². The van der Waals surface area contributed by atoms with E-state index in [1.54, 1.807) is 0 Å². The summed E-state index contributed by atoms with van der Waals surface area (Å²) in [6.07, 6.45) is 0. The molecule has 2 aromatic carbocycles. The molecule has 0 saturated heterocycles. The highest BCUT2D eigenvalue weighted by Crippen LogP contribution is 2.03. The second-order valence-electron chi connectivity index (χ2n) is 4.16. The maximum atomic E-state index is 4.30. The Bertz CT molecular complexity index is 772. The lowest BCUT2D eigenvalue weighted by molar-refractivity contribution is 1.26. The van der Waals surface area contributed by atoms with Crippen molar-refractivity contribution in [2.45, 2.75) is 0 Å². The summed E-state index contributed by atoms with van der Waals surface area (Å²) >= 11 is 1.27. The molecule has 3 rings (SSSR count). The summed E-state index contributed by atoms with van der Waals surface area (Å²) in [5, 5.41) is 0.677. The zero-order valence-corrected chi connectivity index (χ0v) is 11.9. The lowest BCUT2D eigenvalue weighted by atomic mass is 10.2. The van der Waals surface area contributed by atoms with Crippen molar-refractivity contribution in [3.8, 4) is 23.7 Å². The van der Waals surface area contributed by atoms with Crippen molar-refractivity contribution in [3.63, 3.8) is 0 Å². The molecule has 0 amide bonds. The fourth-order valence-corrected chi connectivity index (χ4v) is 2.11. The quantitative estimate of drug-likeness (QED) is 0.592.